The van der Waals surface area contributed by atoms with Gasteiger partial charge >= 0.3 is 19.8 Å². The van der Waals surface area contributed by atoms with E-state index >= 15 is 0 Å². The molecule has 0 saturated heterocycles. The quantitative estimate of drug-likeness (QED) is 0.0202. The number of likely N-dealkylation sites (N-methyl/N-ethyl adjacent to an activating group) is 1. The molecule has 1 unspecified atom stereocenters. The van der Waals surface area contributed by atoms with Gasteiger partial charge in [0.25, 0.3) is 0 Å². The van der Waals surface area contributed by atoms with Gasteiger partial charge in [0.2, 0.25) is 0 Å². The van der Waals surface area contributed by atoms with Crippen molar-refractivity contribution < 1.29 is 47.2 Å². The lowest BCUT2D eigenvalue weighted by atomic mass is 10.0. The highest BCUT2D eigenvalue weighted by atomic mass is 31.2. The number of aliphatic hydroxyl groups excluding tert-OH is 1. The number of hydrogen-bond donors (Lipinski definition) is 2. The summed E-state index contributed by atoms with van der Waals surface area (Å²) in [6.45, 7) is 4.21. The Kier molecular flexibility index (Phi) is 42.4. The molecule has 63 heavy (non-hydrogen) atoms. The smallest absolute Gasteiger partial charge is 0.462 e. The highest BCUT2D eigenvalue weighted by Crippen LogP contribution is 2.43. The summed E-state index contributed by atoms with van der Waals surface area (Å²) in [6, 6.07) is 0. The Hall–Kier alpha value is -2.07. The number of rotatable bonds is 46. The molecule has 0 bridgehead atoms. The summed E-state index contributed by atoms with van der Waals surface area (Å²) < 4.78 is 34.3. The van der Waals surface area contributed by atoms with Gasteiger partial charge in [0.15, 0.2) is 6.10 Å². The normalized spacial score (nSPS) is 14.3. The fourth-order valence-corrected chi connectivity index (χ4v) is 7.65. The molecule has 0 aromatic carbocycles. The molecule has 0 amide bonds. The van der Waals surface area contributed by atoms with E-state index < -0.39 is 26.5 Å². The van der Waals surface area contributed by atoms with Crippen LogP contribution in [0, 0.1) is 0 Å². The van der Waals surface area contributed by atoms with Gasteiger partial charge in [-0.05, 0) is 44.9 Å². The molecule has 0 aliphatic rings. The largest absolute Gasteiger partial charge is 0.472 e. The average Bonchev–Trinajstić information content (AvgIpc) is 3.23. The van der Waals surface area contributed by atoms with E-state index in [0.717, 1.165) is 57.8 Å². The van der Waals surface area contributed by atoms with Crippen molar-refractivity contribution in [2.45, 2.75) is 225 Å². The predicted octanol–water partition coefficient (Wildman–Crippen LogP) is 14.0. The summed E-state index contributed by atoms with van der Waals surface area (Å²) in [5.41, 5.74) is 0. The Morgan fingerprint density at radius 2 is 1.00 bits per heavy atom. The van der Waals surface area contributed by atoms with Gasteiger partial charge in [-0.15, -0.1) is 0 Å². The number of unbranched alkanes of at least 4 members (excludes halogenated alkanes) is 22. The molecule has 0 heterocycles. The van der Waals surface area contributed by atoms with E-state index in [4.69, 9.17) is 18.5 Å². The molecule has 0 rings (SSSR count). The Bertz CT molecular complexity index is 1230. The van der Waals surface area contributed by atoms with Crippen LogP contribution >= 0.6 is 7.82 Å². The summed E-state index contributed by atoms with van der Waals surface area (Å²) in [4.78, 5) is 35.5. The number of carbonyl (C=O) groups excluding carboxylic acids is 2. The number of carbonyl (C=O) groups is 2. The van der Waals surface area contributed by atoms with Crippen molar-refractivity contribution in [1.82, 2.24) is 0 Å². The number of phosphoric acid groups is 1. The zero-order chi connectivity index (χ0) is 46.5. The fraction of sp³-hybridized carbons (Fsp3) is 0.808. The second kappa shape index (κ2) is 43.8. The Labute approximate surface area is 386 Å². The first-order valence-electron chi connectivity index (χ1n) is 25.5. The maximum atomic E-state index is 12.7. The van der Waals surface area contributed by atoms with Crippen LogP contribution in [-0.4, -0.2) is 86.1 Å². The third kappa shape index (κ3) is 47.7. The molecule has 0 fully saturated rings. The predicted molar refractivity (Wildman–Crippen MR) is 263 cm³/mol. The van der Waals surface area contributed by atoms with E-state index in [1.807, 2.05) is 39.4 Å². The molecule has 0 aromatic heterocycles. The molecule has 2 N–H and O–H groups in total. The van der Waals surface area contributed by atoms with Crippen LogP contribution in [0.3, 0.4) is 0 Å². The summed E-state index contributed by atoms with van der Waals surface area (Å²) in [5.74, 6) is -0.880. The van der Waals surface area contributed by atoms with Gasteiger partial charge in [0.05, 0.1) is 33.9 Å². The van der Waals surface area contributed by atoms with Gasteiger partial charge in [0.1, 0.15) is 19.8 Å². The van der Waals surface area contributed by atoms with Crippen LogP contribution in [0.4, 0.5) is 0 Å². The van der Waals surface area contributed by atoms with E-state index in [0.29, 0.717) is 23.9 Å². The third-order valence-corrected chi connectivity index (χ3v) is 11.9. The van der Waals surface area contributed by atoms with Crippen LogP contribution in [-0.2, 0) is 32.7 Å². The molecule has 0 radical (unpaired) electrons. The van der Waals surface area contributed by atoms with Crippen LogP contribution < -0.4 is 0 Å². The van der Waals surface area contributed by atoms with Crippen molar-refractivity contribution in [2.24, 2.45) is 0 Å². The van der Waals surface area contributed by atoms with Gasteiger partial charge in [-0.1, -0.05) is 204 Å². The molecule has 10 nitrogen and oxygen atoms in total. The van der Waals surface area contributed by atoms with Gasteiger partial charge in [-0.3, -0.25) is 18.6 Å². The van der Waals surface area contributed by atoms with E-state index in [1.165, 1.54) is 116 Å². The van der Waals surface area contributed by atoms with Crippen molar-refractivity contribution in [3.05, 3.63) is 48.6 Å². The highest BCUT2D eigenvalue weighted by Gasteiger charge is 2.27. The average molecular weight is 911 g/mol. The number of aliphatic hydroxyl groups is 1. The molecular weight excluding hydrogens is 814 g/mol. The minimum absolute atomic E-state index is 0.0140. The minimum Gasteiger partial charge on any atom is -0.462 e. The van der Waals surface area contributed by atoms with Gasteiger partial charge in [-0.2, -0.15) is 0 Å². The standard InChI is InChI=1S/C52H96NO9P/c1-6-8-10-11-12-13-14-15-16-17-18-19-20-21-22-23-27-30-33-36-39-43-51(55)59-47-50(48-61-63(57,58)60-46-45-53(3,4)5)62-52(56)44-40-37-34-31-28-25-24-26-29-32-35-38-42-49(54)41-9-7-2/h24-25,29,31-32,34,38,42,49-50,54H,6-23,26-28,30,33,35-37,39-41,43-48H2,1-5H3/p+1/b25-24-,32-29-,34-31-,42-38-/t49-,50-/m1/s1. The van der Waals surface area contributed by atoms with Gasteiger partial charge < -0.3 is 24.0 Å². The molecule has 0 aromatic rings. The molecular formula is C52H97NO9P+. The molecule has 3 atom stereocenters. The number of quaternary nitrogens is 1. The van der Waals surface area contributed by atoms with Crippen molar-refractivity contribution in [1.29, 1.82) is 0 Å². The lowest BCUT2D eigenvalue weighted by Gasteiger charge is -2.24. The summed E-state index contributed by atoms with van der Waals surface area (Å²) in [6.07, 6.45) is 49.4. The summed E-state index contributed by atoms with van der Waals surface area (Å²) >= 11 is 0. The van der Waals surface area contributed by atoms with Gasteiger partial charge in [-0.25, -0.2) is 4.57 Å². The lowest BCUT2D eigenvalue weighted by Crippen LogP contribution is -2.37. The maximum absolute atomic E-state index is 12.7. The minimum atomic E-state index is -4.40. The number of nitrogens with zero attached hydrogens (tertiary/aromatic N) is 1. The van der Waals surface area contributed by atoms with E-state index in [-0.39, 0.29) is 38.1 Å². The second-order valence-electron chi connectivity index (χ2n) is 18.4. The Morgan fingerprint density at radius 3 is 1.49 bits per heavy atom. The summed E-state index contributed by atoms with van der Waals surface area (Å²) in [5, 5.41) is 9.84. The van der Waals surface area contributed by atoms with Crippen LogP contribution in [0.2, 0.25) is 0 Å². The van der Waals surface area contributed by atoms with Crippen molar-refractivity contribution in [2.75, 3.05) is 47.5 Å². The molecule has 368 valence electrons. The van der Waals surface area contributed by atoms with E-state index in [9.17, 15) is 24.2 Å². The zero-order valence-corrected chi connectivity index (χ0v) is 42.1. The molecule has 0 saturated carbocycles. The number of allylic oxidation sites excluding steroid dienone is 7. The number of phosphoric ester groups is 1. The van der Waals surface area contributed by atoms with Crippen LogP contribution in [0.25, 0.3) is 0 Å². The molecule has 0 spiro atoms. The first-order valence-corrected chi connectivity index (χ1v) is 26.9. The van der Waals surface area contributed by atoms with Crippen LogP contribution in [0.1, 0.15) is 213 Å². The Morgan fingerprint density at radius 1 is 0.556 bits per heavy atom. The topological polar surface area (TPSA) is 129 Å². The van der Waals surface area contributed by atoms with Crippen molar-refractivity contribution >= 4 is 19.8 Å². The lowest BCUT2D eigenvalue weighted by molar-refractivity contribution is -0.870. The zero-order valence-electron chi connectivity index (χ0n) is 41.2. The summed E-state index contributed by atoms with van der Waals surface area (Å²) in [7, 11) is 1.42. The van der Waals surface area contributed by atoms with Crippen LogP contribution in [0.15, 0.2) is 48.6 Å². The number of hydrogen-bond acceptors (Lipinski definition) is 8. The molecule has 11 heteroatoms. The highest BCUT2D eigenvalue weighted by molar-refractivity contribution is 7.47. The Balaban J connectivity index is 4.33. The molecule has 0 aliphatic carbocycles. The SMILES string of the molecule is CCCCCCCCCCCCCCCCCCCCCCCC(=O)OC[C@H](COP(=O)(O)OCC[N+](C)(C)C)OC(=O)CCC/C=C\C/C=C\C/C=C\C/C=C\[C@H](O)CCCC. The first-order chi connectivity index (χ1) is 30.4. The maximum Gasteiger partial charge on any atom is 0.472 e. The van der Waals surface area contributed by atoms with Gasteiger partial charge in [0, 0.05) is 12.8 Å². The molecule has 0 aliphatic heterocycles. The van der Waals surface area contributed by atoms with E-state index in [1.54, 1.807) is 0 Å². The van der Waals surface area contributed by atoms with Crippen molar-refractivity contribution in [3.63, 3.8) is 0 Å². The first kappa shape index (κ1) is 60.9. The van der Waals surface area contributed by atoms with Crippen LogP contribution in [0.5, 0.6) is 0 Å². The third-order valence-electron chi connectivity index (χ3n) is 10.9. The second-order valence-corrected chi connectivity index (χ2v) is 19.8. The fourth-order valence-electron chi connectivity index (χ4n) is 6.91. The van der Waals surface area contributed by atoms with E-state index in [2.05, 4.69) is 44.2 Å². The number of ether oxygens (including phenoxy) is 2. The van der Waals surface area contributed by atoms with Crippen molar-refractivity contribution in [3.8, 4) is 0 Å². The number of esters is 2. The monoisotopic (exact) mass is 911 g/mol.